The van der Waals surface area contributed by atoms with Gasteiger partial charge in [-0.25, -0.2) is 9.69 Å². The van der Waals surface area contributed by atoms with Gasteiger partial charge in [0.1, 0.15) is 6.04 Å². The third-order valence-electron chi connectivity index (χ3n) is 5.61. The number of nitrogens with one attached hydrogen (secondary N) is 1. The van der Waals surface area contributed by atoms with Gasteiger partial charge in [0.25, 0.3) is 11.8 Å². The zero-order chi connectivity index (χ0) is 25.9. The second kappa shape index (κ2) is 10.6. The van der Waals surface area contributed by atoms with Gasteiger partial charge in [0, 0.05) is 11.8 Å². The van der Waals surface area contributed by atoms with E-state index in [1.807, 2.05) is 37.3 Å². The molecule has 35 heavy (non-hydrogen) atoms. The number of aryl methyl sites for hydroxylation is 1. The van der Waals surface area contributed by atoms with Gasteiger partial charge in [-0.1, -0.05) is 68.8 Å². The van der Waals surface area contributed by atoms with Crippen LogP contribution in [0.3, 0.4) is 0 Å². The fourth-order valence-corrected chi connectivity index (χ4v) is 3.99. The van der Waals surface area contributed by atoms with E-state index in [0.717, 1.165) is 21.1 Å². The fourth-order valence-electron chi connectivity index (χ4n) is 3.82. The molecule has 9 heteroatoms. The van der Waals surface area contributed by atoms with Crippen LogP contribution in [-0.4, -0.2) is 52.3 Å². The number of ketones is 1. The monoisotopic (exact) mass is 499 g/mol. The summed E-state index contributed by atoms with van der Waals surface area (Å²) in [5, 5.41) is 3.87. The Morgan fingerprint density at radius 2 is 1.77 bits per heavy atom. The maximum absolute atomic E-state index is 13.6. The highest BCUT2D eigenvalue weighted by Crippen LogP contribution is 2.30. The molecule has 0 radical (unpaired) electrons. The molecule has 1 aliphatic heterocycles. The Hall–Kier alpha value is -3.23. The van der Waals surface area contributed by atoms with Crippen molar-refractivity contribution >= 4 is 40.9 Å². The van der Waals surface area contributed by atoms with Crippen LogP contribution in [0.2, 0.25) is 5.02 Å². The first-order valence-electron chi connectivity index (χ1n) is 11.4. The lowest BCUT2D eigenvalue weighted by Crippen LogP contribution is -2.55. The van der Waals surface area contributed by atoms with Crippen molar-refractivity contribution in [2.24, 2.45) is 5.41 Å². The first-order chi connectivity index (χ1) is 16.5. The molecule has 1 fully saturated rings. The minimum absolute atomic E-state index is 0.126. The van der Waals surface area contributed by atoms with Crippen molar-refractivity contribution in [1.29, 1.82) is 0 Å². The van der Waals surface area contributed by atoms with Gasteiger partial charge >= 0.3 is 6.03 Å². The molecule has 1 saturated heterocycles. The smallest absolute Gasteiger partial charge is 0.323 e. The van der Waals surface area contributed by atoms with Crippen LogP contribution in [0.5, 0.6) is 0 Å². The van der Waals surface area contributed by atoms with Crippen molar-refractivity contribution in [3.05, 3.63) is 64.7 Å². The van der Waals surface area contributed by atoms with Crippen LogP contribution in [0.25, 0.3) is 0 Å². The number of hydrogen-bond acceptors (Lipinski definition) is 5. The van der Waals surface area contributed by atoms with Crippen molar-refractivity contribution in [2.75, 3.05) is 11.9 Å². The minimum atomic E-state index is -1.70. The number of urea groups is 1. The summed E-state index contributed by atoms with van der Waals surface area (Å²) >= 11 is 6.23. The number of nitrogens with zero attached hydrogens (tertiary/aromatic N) is 2. The number of Topliss-reactive ketones (excluding diaryl/α,β-unsaturated/α-hetero) is 1. The van der Waals surface area contributed by atoms with E-state index in [-0.39, 0.29) is 23.7 Å². The SMILES string of the molecule is CCON1C(=O)N(C(C(=O)Nc2cc(C)ccc2Cl)C(=O)C(C)(C)C)C(=O)C1Cc1ccccc1. The molecule has 2 aromatic rings. The van der Waals surface area contributed by atoms with E-state index in [1.54, 1.807) is 45.9 Å². The summed E-state index contributed by atoms with van der Waals surface area (Å²) in [6.45, 7) is 8.52. The van der Waals surface area contributed by atoms with Gasteiger partial charge in [-0.2, -0.15) is 5.06 Å². The molecule has 2 unspecified atom stereocenters. The van der Waals surface area contributed by atoms with Gasteiger partial charge in [-0.3, -0.25) is 19.2 Å². The summed E-state index contributed by atoms with van der Waals surface area (Å²) in [6, 6.07) is 10.6. The van der Waals surface area contributed by atoms with Crippen LogP contribution in [-0.2, 0) is 25.6 Å². The average molecular weight is 500 g/mol. The van der Waals surface area contributed by atoms with E-state index in [4.69, 9.17) is 16.4 Å². The largest absolute Gasteiger partial charge is 0.352 e. The molecule has 1 heterocycles. The highest BCUT2D eigenvalue weighted by Gasteiger charge is 2.54. The molecule has 186 valence electrons. The lowest BCUT2D eigenvalue weighted by atomic mass is 9.85. The zero-order valence-corrected chi connectivity index (χ0v) is 21.3. The van der Waals surface area contributed by atoms with Crippen LogP contribution in [0.15, 0.2) is 48.5 Å². The molecule has 1 aliphatic rings. The number of carbonyl (C=O) groups is 4. The number of carbonyl (C=O) groups excluding carboxylic acids is 4. The van der Waals surface area contributed by atoms with Crippen LogP contribution in [0.4, 0.5) is 10.5 Å². The van der Waals surface area contributed by atoms with E-state index in [2.05, 4.69) is 5.32 Å². The maximum atomic E-state index is 13.6. The number of hydrogen-bond donors (Lipinski definition) is 1. The third kappa shape index (κ3) is 5.71. The Labute approximate surface area is 210 Å². The quantitative estimate of drug-likeness (QED) is 0.429. The van der Waals surface area contributed by atoms with E-state index in [0.29, 0.717) is 0 Å². The molecular weight excluding hydrogens is 470 g/mol. The number of amides is 4. The van der Waals surface area contributed by atoms with Crippen LogP contribution < -0.4 is 5.32 Å². The number of imide groups is 1. The zero-order valence-electron chi connectivity index (χ0n) is 20.5. The highest BCUT2D eigenvalue weighted by molar-refractivity contribution is 6.34. The molecule has 4 amide bonds. The van der Waals surface area contributed by atoms with Gasteiger partial charge in [0.15, 0.2) is 11.8 Å². The predicted octanol–water partition coefficient (Wildman–Crippen LogP) is 4.40. The molecule has 0 aromatic heterocycles. The summed E-state index contributed by atoms with van der Waals surface area (Å²) in [7, 11) is 0. The molecule has 1 N–H and O–H groups in total. The third-order valence-corrected chi connectivity index (χ3v) is 5.94. The van der Waals surface area contributed by atoms with E-state index >= 15 is 0 Å². The van der Waals surface area contributed by atoms with Gasteiger partial charge in [-0.05, 0) is 37.1 Å². The van der Waals surface area contributed by atoms with E-state index < -0.39 is 41.1 Å². The van der Waals surface area contributed by atoms with Crippen LogP contribution in [0, 0.1) is 12.3 Å². The van der Waals surface area contributed by atoms with Crippen molar-refractivity contribution < 1.29 is 24.0 Å². The molecule has 0 bridgehead atoms. The van der Waals surface area contributed by atoms with E-state index in [9.17, 15) is 19.2 Å². The molecule has 2 atom stereocenters. The number of halogens is 1. The topological polar surface area (TPSA) is 96.0 Å². The highest BCUT2D eigenvalue weighted by atomic mass is 35.5. The molecule has 2 aromatic carbocycles. The van der Waals surface area contributed by atoms with Crippen molar-refractivity contribution in [3.63, 3.8) is 0 Å². The van der Waals surface area contributed by atoms with Crippen molar-refractivity contribution in [3.8, 4) is 0 Å². The van der Waals surface area contributed by atoms with Gasteiger partial charge < -0.3 is 5.32 Å². The summed E-state index contributed by atoms with van der Waals surface area (Å²) in [5.74, 6) is -2.09. The fraction of sp³-hybridized carbons (Fsp3) is 0.385. The Bertz CT molecular complexity index is 1130. The molecular formula is C26H30ClN3O5. The number of hydroxylamine groups is 2. The number of anilines is 1. The van der Waals surface area contributed by atoms with Gasteiger partial charge in [0.2, 0.25) is 0 Å². The van der Waals surface area contributed by atoms with Crippen LogP contribution in [0.1, 0.15) is 38.8 Å². The lowest BCUT2D eigenvalue weighted by molar-refractivity contribution is -0.147. The summed E-state index contributed by atoms with van der Waals surface area (Å²) < 4.78 is 0. The Morgan fingerprint density at radius 3 is 2.37 bits per heavy atom. The standard InChI is InChI=1S/C26H30ClN3O5/c1-6-35-30-20(15-17-10-8-7-9-11-17)24(33)29(25(30)34)21(22(31)26(3,4)5)23(32)28-19-14-16(2)12-13-18(19)27/h7-14,20-21H,6,15H2,1-5H3,(H,28,32). The minimum Gasteiger partial charge on any atom is -0.323 e. The molecule has 0 spiro atoms. The summed E-state index contributed by atoms with van der Waals surface area (Å²) in [6.07, 6.45) is 0.170. The number of benzene rings is 2. The molecule has 0 aliphatic carbocycles. The summed E-state index contributed by atoms with van der Waals surface area (Å²) in [5.41, 5.74) is 0.902. The normalized spacial score (nSPS) is 17.0. The molecule has 3 rings (SSSR count). The molecule has 0 saturated carbocycles. The van der Waals surface area contributed by atoms with Gasteiger partial charge in [-0.15, -0.1) is 0 Å². The first kappa shape index (κ1) is 26.4. The second-order valence-corrected chi connectivity index (χ2v) is 9.84. The van der Waals surface area contributed by atoms with Crippen molar-refractivity contribution in [2.45, 2.75) is 53.1 Å². The first-order valence-corrected chi connectivity index (χ1v) is 11.8. The number of rotatable bonds is 8. The van der Waals surface area contributed by atoms with Gasteiger partial charge in [0.05, 0.1) is 17.3 Å². The lowest BCUT2D eigenvalue weighted by Gasteiger charge is -2.29. The van der Waals surface area contributed by atoms with Crippen molar-refractivity contribution in [1.82, 2.24) is 9.96 Å². The van der Waals surface area contributed by atoms with E-state index in [1.165, 1.54) is 0 Å². The van der Waals surface area contributed by atoms with Crippen LogP contribution >= 0.6 is 11.6 Å². The Kier molecular flexibility index (Phi) is 7.97. The Morgan fingerprint density at radius 1 is 1.11 bits per heavy atom. The average Bonchev–Trinajstić information content (AvgIpc) is 3.01. The summed E-state index contributed by atoms with van der Waals surface area (Å²) in [4.78, 5) is 60.1. The molecule has 8 nitrogen and oxygen atoms in total. The second-order valence-electron chi connectivity index (χ2n) is 9.43. The Balaban J connectivity index is 2.01. The maximum Gasteiger partial charge on any atom is 0.352 e. The predicted molar refractivity (Wildman–Crippen MR) is 133 cm³/mol.